The zero-order valence-corrected chi connectivity index (χ0v) is 12.2. The number of carbonyl (C=O) groups is 1. The summed E-state index contributed by atoms with van der Waals surface area (Å²) in [5.41, 5.74) is 0.704. The predicted octanol–water partition coefficient (Wildman–Crippen LogP) is 3.33. The van der Waals surface area contributed by atoms with Gasteiger partial charge in [0, 0.05) is 6.61 Å². The van der Waals surface area contributed by atoms with E-state index in [4.69, 9.17) is 4.74 Å². The van der Waals surface area contributed by atoms with Crippen LogP contribution in [0.4, 0.5) is 13.2 Å². The van der Waals surface area contributed by atoms with Gasteiger partial charge in [-0.25, -0.2) is 0 Å². The summed E-state index contributed by atoms with van der Waals surface area (Å²) in [5.74, 6) is -0.413. The molecule has 22 heavy (non-hydrogen) atoms. The first-order valence-electron chi connectivity index (χ1n) is 7.10. The summed E-state index contributed by atoms with van der Waals surface area (Å²) in [4.78, 5) is 11.9. The van der Waals surface area contributed by atoms with Gasteiger partial charge in [-0.15, -0.1) is 13.2 Å². The van der Waals surface area contributed by atoms with Gasteiger partial charge in [0.1, 0.15) is 5.75 Å². The van der Waals surface area contributed by atoms with E-state index >= 15 is 0 Å². The molecule has 2 rings (SSSR count). The minimum absolute atomic E-state index is 0.0326. The maximum atomic E-state index is 12.1. The van der Waals surface area contributed by atoms with Crippen LogP contribution in [-0.4, -0.2) is 25.0 Å². The lowest BCUT2D eigenvalue weighted by molar-refractivity contribution is -0.274. The number of alkyl halides is 3. The monoisotopic (exact) mass is 317 g/mol. The first-order chi connectivity index (χ1) is 10.3. The number of ether oxygens (including phenoxy) is 2. The fourth-order valence-corrected chi connectivity index (χ4v) is 2.35. The Morgan fingerprint density at radius 2 is 2.09 bits per heavy atom. The normalized spacial score (nSPS) is 19.7. The van der Waals surface area contributed by atoms with Crippen molar-refractivity contribution in [3.05, 3.63) is 29.8 Å². The molecule has 1 amide bonds. The summed E-state index contributed by atoms with van der Waals surface area (Å²) < 4.78 is 45.4. The van der Waals surface area contributed by atoms with Crippen molar-refractivity contribution in [3.63, 3.8) is 0 Å². The molecule has 0 saturated carbocycles. The van der Waals surface area contributed by atoms with Gasteiger partial charge >= 0.3 is 6.36 Å². The Labute approximate surface area is 126 Å². The second-order valence-corrected chi connectivity index (χ2v) is 5.25. The largest absolute Gasteiger partial charge is 0.573 e. The number of carbonyl (C=O) groups excluding carboxylic acids is 1. The Kier molecular flexibility index (Phi) is 5.28. The van der Waals surface area contributed by atoms with Crippen LogP contribution in [0.3, 0.4) is 0 Å². The molecular formula is C15H18F3NO3. The lowest BCUT2D eigenvalue weighted by atomic mass is 10.1. The molecule has 1 aliphatic heterocycles. The number of halogens is 3. The van der Waals surface area contributed by atoms with Crippen LogP contribution in [0.25, 0.3) is 0 Å². The van der Waals surface area contributed by atoms with Gasteiger partial charge in [-0.1, -0.05) is 12.1 Å². The van der Waals surface area contributed by atoms with Crippen LogP contribution >= 0.6 is 0 Å². The van der Waals surface area contributed by atoms with Crippen LogP contribution in [0.15, 0.2) is 24.3 Å². The maximum Gasteiger partial charge on any atom is 0.573 e. The standard InChI is InChI=1S/C15H18F3NO3/c1-10(19-14(20)9-13-3-2-8-21-13)11-4-6-12(7-5-11)22-15(16,17)18/h4-7,10,13H,2-3,8-9H2,1H3,(H,19,20). The average Bonchev–Trinajstić information content (AvgIpc) is 2.90. The minimum atomic E-state index is -4.71. The molecule has 0 radical (unpaired) electrons. The summed E-state index contributed by atoms with van der Waals surface area (Å²) in [7, 11) is 0. The van der Waals surface area contributed by atoms with Crippen LogP contribution in [0.1, 0.15) is 37.8 Å². The van der Waals surface area contributed by atoms with Crippen molar-refractivity contribution in [1.82, 2.24) is 5.32 Å². The number of nitrogens with one attached hydrogen (secondary N) is 1. The van der Waals surface area contributed by atoms with Gasteiger partial charge in [0.05, 0.1) is 18.6 Å². The molecule has 1 N–H and O–H groups in total. The topological polar surface area (TPSA) is 47.6 Å². The molecule has 0 bridgehead atoms. The van der Waals surface area contributed by atoms with Gasteiger partial charge in [-0.05, 0) is 37.5 Å². The molecule has 2 atom stereocenters. The molecule has 1 saturated heterocycles. The van der Waals surface area contributed by atoms with Crippen LogP contribution in [0.2, 0.25) is 0 Å². The number of amides is 1. The maximum absolute atomic E-state index is 12.1. The third-order valence-corrected chi connectivity index (χ3v) is 3.43. The van der Waals surface area contributed by atoms with Gasteiger partial charge in [0.25, 0.3) is 0 Å². The van der Waals surface area contributed by atoms with Crippen molar-refractivity contribution < 1.29 is 27.4 Å². The quantitative estimate of drug-likeness (QED) is 0.906. The van der Waals surface area contributed by atoms with E-state index in [1.54, 1.807) is 6.92 Å². The molecule has 1 aromatic rings. The number of hydrogen-bond donors (Lipinski definition) is 1. The van der Waals surface area contributed by atoms with Crippen molar-refractivity contribution in [2.75, 3.05) is 6.61 Å². The van der Waals surface area contributed by atoms with E-state index in [0.717, 1.165) is 12.8 Å². The van der Waals surface area contributed by atoms with E-state index in [1.165, 1.54) is 24.3 Å². The molecule has 122 valence electrons. The number of hydrogen-bond acceptors (Lipinski definition) is 3. The molecule has 4 nitrogen and oxygen atoms in total. The van der Waals surface area contributed by atoms with Crippen LogP contribution < -0.4 is 10.1 Å². The highest BCUT2D eigenvalue weighted by atomic mass is 19.4. The van der Waals surface area contributed by atoms with Crippen LogP contribution in [-0.2, 0) is 9.53 Å². The van der Waals surface area contributed by atoms with Gasteiger partial charge < -0.3 is 14.8 Å². The molecular weight excluding hydrogens is 299 g/mol. The van der Waals surface area contributed by atoms with Crippen LogP contribution in [0.5, 0.6) is 5.75 Å². The highest BCUT2D eigenvalue weighted by molar-refractivity contribution is 5.77. The number of rotatable bonds is 5. The van der Waals surface area contributed by atoms with Crippen LogP contribution in [0, 0.1) is 0 Å². The zero-order valence-electron chi connectivity index (χ0n) is 12.2. The second-order valence-electron chi connectivity index (χ2n) is 5.25. The fourth-order valence-electron chi connectivity index (χ4n) is 2.35. The molecule has 1 aromatic carbocycles. The fraction of sp³-hybridized carbons (Fsp3) is 0.533. The predicted molar refractivity (Wildman–Crippen MR) is 73.3 cm³/mol. The van der Waals surface area contributed by atoms with Gasteiger partial charge in [0.15, 0.2) is 0 Å². The number of benzene rings is 1. The van der Waals surface area contributed by atoms with E-state index in [-0.39, 0.29) is 23.8 Å². The highest BCUT2D eigenvalue weighted by Gasteiger charge is 2.31. The van der Waals surface area contributed by atoms with Crippen molar-refractivity contribution in [2.24, 2.45) is 0 Å². The van der Waals surface area contributed by atoms with E-state index in [1.807, 2.05) is 0 Å². The molecule has 1 aliphatic rings. The molecule has 0 aromatic heterocycles. The summed E-state index contributed by atoms with van der Waals surface area (Å²) in [5, 5.41) is 2.81. The first kappa shape index (κ1) is 16.6. The highest BCUT2D eigenvalue weighted by Crippen LogP contribution is 2.24. The van der Waals surface area contributed by atoms with Gasteiger partial charge in [-0.3, -0.25) is 4.79 Å². The van der Waals surface area contributed by atoms with Gasteiger partial charge in [0.2, 0.25) is 5.91 Å². The molecule has 2 unspecified atom stereocenters. The smallest absolute Gasteiger partial charge is 0.406 e. The summed E-state index contributed by atoms with van der Waals surface area (Å²) in [6.45, 7) is 2.46. The Morgan fingerprint density at radius 1 is 1.41 bits per heavy atom. The Morgan fingerprint density at radius 3 is 2.64 bits per heavy atom. The Balaban J connectivity index is 1.86. The third kappa shape index (κ3) is 5.22. The zero-order chi connectivity index (χ0) is 16.2. The SMILES string of the molecule is CC(NC(=O)CC1CCCO1)c1ccc(OC(F)(F)F)cc1. The van der Waals surface area contributed by atoms with E-state index in [2.05, 4.69) is 10.1 Å². The molecule has 0 aliphatic carbocycles. The summed E-state index contributed by atoms with van der Waals surface area (Å²) in [6, 6.07) is 5.15. The first-order valence-corrected chi connectivity index (χ1v) is 7.10. The van der Waals surface area contributed by atoms with Crippen molar-refractivity contribution in [2.45, 2.75) is 44.7 Å². The van der Waals surface area contributed by atoms with Crippen molar-refractivity contribution in [1.29, 1.82) is 0 Å². The van der Waals surface area contributed by atoms with E-state index in [9.17, 15) is 18.0 Å². The van der Waals surface area contributed by atoms with Gasteiger partial charge in [-0.2, -0.15) is 0 Å². The molecule has 7 heteroatoms. The minimum Gasteiger partial charge on any atom is -0.406 e. The average molecular weight is 317 g/mol. The lowest BCUT2D eigenvalue weighted by Crippen LogP contribution is -2.29. The third-order valence-electron chi connectivity index (χ3n) is 3.43. The molecule has 0 spiro atoms. The lowest BCUT2D eigenvalue weighted by Gasteiger charge is -2.17. The van der Waals surface area contributed by atoms with Crippen molar-refractivity contribution in [3.8, 4) is 5.75 Å². The van der Waals surface area contributed by atoms with E-state index in [0.29, 0.717) is 18.6 Å². The molecule has 1 heterocycles. The van der Waals surface area contributed by atoms with Crippen molar-refractivity contribution >= 4 is 5.91 Å². The Bertz CT molecular complexity index is 496. The second kappa shape index (κ2) is 7.00. The molecule has 1 fully saturated rings. The summed E-state index contributed by atoms with van der Waals surface area (Å²) in [6.07, 6.45) is -2.59. The Hall–Kier alpha value is -1.76. The van der Waals surface area contributed by atoms with E-state index < -0.39 is 6.36 Å². The summed E-state index contributed by atoms with van der Waals surface area (Å²) >= 11 is 0.